The lowest BCUT2D eigenvalue weighted by atomic mass is 9.77. The molecule has 1 aliphatic carbocycles. The Hall–Kier alpha value is -0.190. The highest BCUT2D eigenvalue weighted by Gasteiger charge is 2.35. The maximum Gasteiger partial charge on any atom is 0.253 e. The molecule has 0 saturated heterocycles. The molecule has 0 aromatic heterocycles. The van der Waals surface area contributed by atoms with Gasteiger partial charge in [0.25, 0.3) is 5.91 Å². The van der Waals surface area contributed by atoms with Gasteiger partial charge in [-0.1, -0.05) is 47.3 Å². The number of nitrogens with one attached hydrogen (secondary N) is 1. The van der Waals surface area contributed by atoms with Gasteiger partial charge in [-0.05, 0) is 43.2 Å². The van der Waals surface area contributed by atoms with E-state index in [1.807, 2.05) is 18.4 Å². The molecule has 2 atom stereocenters. The third-order valence-electron chi connectivity index (χ3n) is 4.14. The van der Waals surface area contributed by atoms with Gasteiger partial charge in [0.1, 0.15) is 0 Å². The molecule has 2 nitrogen and oxygen atoms in total. The Labute approximate surface area is 144 Å². The second-order valence-corrected chi connectivity index (χ2v) is 7.76. The number of hydrogen-bond acceptors (Lipinski definition) is 2. The van der Waals surface area contributed by atoms with Gasteiger partial charge < -0.3 is 5.32 Å². The molecule has 0 radical (unpaired) electrons. The molecule has 1 amide bonds. The Morgan fingerprint density at radius 1 is 1.57 bits per heavy atom. The summed E-state index contributed by atoms with van der Waals surface area (Å²) in [5, 5.41) is 4.54. The molecule has 21 heavy (non-hydrogen) atoms. The second-order valence-electron chi connectivity index (χ2n) is 5.92. The third-order valence-corrected chi connectivity index (χ3v) is 6.27. The van der Waals surface area contributed by atoms with Crippen LogP contribution in [-0.4, -0.2) is 23.0 Å². The van der Waals surface area contributed by atoms with Crippen molar-refractivity contribution >= 4 is 45.2 Å². The van der Waals surface area contributed by atoms with Crippen LogP contribution in [0.15, 0.2) is 23.1 Å². The highest BCUT2D eigenvalue weighted by molar-refractivity contribution is 9.09. The highest BCUT2D eigenvalue weighted by atomic mass is 79.9. The fourth-order valence-electron chi connectivity index (χ4n) is 3.04. The molecule has 1 fully saturated rings. The molecule has 0 spiro atoms. The number of rotatable bonds is 4. The molecule has 1 aromatic rings. The summed E-state index contributed by atoms with van der Waals surface area (Å²) in [5.74, 6) is 0.578. The first-order valence-electron chi connectivity index (χ1n) is 7.22. The standard InChI is InChI=1S/C16H21BrClNOS/c1-11-4-3-7-16(9-11,10-17)19-15(20)13-8-12(21-2)5-6-14(13)18/h5-6,8,11H,3-4,7,9-10H2,1-2H3,(H,19,20). The van der Waals surface area contributed by atoms with Crippen molar-refractivity contribution in [3.05, 3.63) is 28.8 Å². The summed E-state index contributed by atoms with van der Waals surface area (Å²) >= 11 is 11.4. The minimum absolute atomic E-state index is 0.0653. The van der Waals surface area contributed by atoms with Crippen molar-refractivity contribution in [1.82, 2.24) is 5.32 Å². The monoisotopic (exact) mass is 389 g/mol. The second kappa shape index (κ2) is 7.38. The summed E-state index contributed by atoms with van der Waals surface area (Å²) in [6.07, 6.45) is 6.44. The molecule has 116 valence electrons. The summed E-state index contributed by atoms with van der Waals surface area (Å²) in [7, 11) is 0. The van der Waals surface area contributed by atoms with E-state index >= 15 is 0 Å². The van der Waals surface area contributed by atoms with Crippen LogP contribution in [0, 0.1) is 5.92 Å². The van der Waals surface area contributed by atoms with Crippen molar-refractivity contribution in [2.75, 3.05) is 11.6 Å². The topological polar surface area (TPSA) is 29.1 Å². The maximum absolute atomic E-state index is 12.6. The first-order valence-corrected chi connectivity index (χ1v) is 9.94. The molecule has 1 N–H and O–H groups in total. The number of hydrogen-bond donors (Lipinski definition) is 1. The average Bonchev–Trinajstić information content (AvgIpc) is 2.47. The summed E-state index contributed by atoms with van der Waals surface area (Å²) in [5.41, 5.74) is 0.426. The minimum atomic E-state index is -0.145. The Balaban J connectivity index is 2.20. The summed E-state index contributed by atoms with van der Waals surface area (Å²) < 4.78 is 0. The molecule has 1 saturated carbocycles. The molecule has 0 bridgehead atoms. The number of carbonyl (C=O) groups is 1. The fraction of sp³-hybridized carbons (Fsp3) is 0.562. The normalized spacial score (nSPS) is 25.6. The van der Waals surface area contributed by atoms with Gasteiger partial charge in [0.05, 0.1) is 16.1 Å². The van der Waals surface area contributed by atoms with E-state index in [2.05, 4.69) is 28.2 Å². The Morgan fingerprint density at radius 3 is 2.95 bits per heavy atom. The molecule has 0 aliphatic heterocycles. The van der Waals surface area contributed by atoms with E-state index in [-0.39, 0.29) is 11.4 Å². The van der Waals surface area contributed by atoms with Crippen LogP contribution in [0.1, 0.15) is 43.0 Å². The first-order chi connectivity index (χ1) is 9.99. The third kappa shape index (κ3) is 4.17. The number of thioether (sulfide) groups is 1. The van der Waals surface area contributed by atoms with Gasteiger partial charge >= 0.3 is 0 Å². The van der Waals surface area contributed by atoms with Crippen molar-refractivity contribution in [2.24, 2.45) is 5.92 Å². The van der Waals surface area contributed by atoms with E-state index in [1.54, 1.807) is 17.8 Å². The van der Waals surface area contributed by atoms with Crippen molar-refractivity contribution in [2.45, 2.75) is 43.0 Å². The lowest BCUT2D eigenvalue weighted by molar-refractivity contribution is 0.0869. The van der Waals surface area contributed by atoms with Crippen LogP contribution < -0.4 is 5.32 Å². The van der Waals surface area contributed by atoms with Crippen LogP contribution in [-0.2, 0) is 0 Å². The zero-order chi connectivity index (χ0) is 15.5. The van der Waals surface area contributed by atoms with Gasteiger partial charge in [-0.3, -0.25) is 4.79 Å². The fourth-order valence-corrected chi connectivity index (χ4v) is 4.33. The van der Waals surface area contributed by atoms with Crippen molar-refractivity contribution in [1.29, 1.82) is 0 Å². The largest absolute Gasteiger partial charge is 0.346 e. The van der Waals surface area contributed by atoms with Crippen LogP contribution in [0.25, 0.3) is 0 Å². The molecular formula is C16H21BrClNOS. The number of benzene rings is 1. The van der Waals surface area contributed by atoms with Gasteiger partial charge in [0.15, 0.2) is 0 Å². The van der Waals surface area contributed by atoms with Gasteiger partial charge in [0.2, 0.25) is 0 Å². The first kappa shape index (κ1) is 17.2. The van der Waals surface area contributed by atoms with E-state index in [1.165, 1.54) is 6.42 Å². The maximum atomic E-state index is 12.6. The van der Waals surface area contributed by atoms with Crippen LogP contribution in [0.3, 0.4) is 0 Å². The van der Waals surface area contributed by atoms with Crippen LogP contribution in [0.4, 0.5) is 0 Å². The Bertz CT molecular complexity index is 525. The van der Waals surface area contributed by atoms with E-state index < -0.39 is 0 Å². The SMILES string of the molecule is CSc1ccc(Cl)c(C(=O)NC2(CBr)CCCC(C)C2)c1. The Morgan fingerprint density at radius 2 is 2.33 bits per heavy atom. The van der Waals surface area contributed by atoms with Gasteiger partial charge in [-0.15, -0.1) is 11.8 Å². The molecular weight excluding hydrogens is 370 g/mol. The molecule has 0 heterocycles. The molecule has 2 unspecified atom stereocenters. The van der Waals surface area contributed by atoms with E-state index in [0.29, 0.717) is 16.5 Å². The van der Waals surface area contributed by atoms with Crippen molar-refractivity contribution < 1.29 is 4.79 Å². The van der Waals surface area contributed by atoms with E-state index in [0.717, 1.165) is 29.5 Å². The van der Waals surface area contributed by atoms with Crippen LogP contribution >= 0.6 is 39.3 Å². The minimum Gasteiger partial charge on any atom is -0.346 e. The molecule has 1 aromatic carbocycles. The zero-order valence-electron chi connectivity index (χ0n) is 12.4. The van der Waals surface area contributed by atoms with Gasteiger partial charge in [-0.2, -0.15) is 0 Å². The summed E-state index contributed by atoms with van der Waals surface area (Å²) in [4.78, 5) is 13.7. The van der Waals surface area contributed by atoms with E-state index in [4.69, 9.17) is 11.6 Å². The highest BCUT2D eigenvalue weighted by Crippen LogP contribution is 2.34. The average molecular weight is 391 g/mol. The lowest BCUT2D eigenvalue weighted by Gasteiger charge is -2.39. The lowest BCUT2D eigenvalue weighted by Crippen LogP contribution is -2.52. The van der Waals surface area contributed by atoms with E-state index in [9.17, 15) is 4.79 Å². The number of alkyl halides is 1. The quantitative estimate of drug-likeness (QED) is 0.570. The van der Waals surface area contributed by atoms with Gasteiger partial charge in [-0.25, -0.2) is 0 Å². The Kier molecular flexibility index (Phi) is 6.04. The summed E-state index contributed by atoms with van der Waals surface area (Å²) in [6.45, 7) is 2.25. The molecule has 1 aliphatic rings. The number of halogens is 2. The molecule has 5 heteroatoms. The van der Waals surface area contributed by atoms with Crippen molar-refractivity contribution in [3.8, 4) is 0 Å². The summed E-state index contributed by atoms with van der Waals surface area (Å²) in [6, 6.07) is 5.61. The number of carbonyl (C=O) groups excluding carboxylic acids is 1. The predicted octanol–water partition coefficient (Wildman–Crippen LogP) is 5.14. The van der Waals surface area contributed by atoms with Crippen LogP contribution in [0.2, 0.25) is 5.02 Å². The number of amides is 1. The van der Waals surface area contributed by atoms with Crippen LogP contribution in [0.5, 0.6) is 0 Å². The van der Waals surface area contributed by atoms with Gasteiger partial charge in [0, 0.05) is 10.2 Å². The molecule has 2 rings (SSSR count). The zero-order valence-corrected chi connectivity index (χ0v) is 15.6. The van der Waals surface area contributed by atoms with Crippen molar-refractivity contribution in [3.63, 3.8) is 0 Å². The predicted molar refractivity (Wildman–Crippen MR) is 94.9 cm³/mol. The smallest absolute Gasteiger partial charge is 0.253 e.